The number of nitrogens with zero attached hydrogens (tertiary/aromatic N) is 2. The van der Waals surface area contributed by atoms with E-state index in [-0.39, 0.29) is 0 Å². The Labute approximate surface area is 114 Å². The van der Waals surface area contributed by atoms with E-state index in [2.05, 4.69) is 46.1 Å². The Kier molecular flexibility index (Phi) is 3.65. The van der Waals surface area contributed by atoms with Crippen molar-refractivity contribution in [1.82, 2.24) is 14.9 Å². The van der Waals surface area contributed by atoms with E-state index in [1.54, 1.807) is 0 Å². The fraction of sp³-hybridized carbons (Fsp3) is 0.438. The summed E-state index contributed by atoms with van der Waals surface area (Å²) in [4.78, 5) is 4.37. The highest BCUT2D eigenvalue weighted by molar-refractivity contribution is 5.43. The SMILES string of the molecule is CCCc1ccccc1-n1cncc1C1CCCN1. The quantitative estimate of drug-likeness (QED) is 0.909. The summed E-state index contributed by atoms with van der Waals surface area (Å²) < 4.78 is 2.26. The van der Waals surface area contributed by atoms with Gasteiger partial charge in [0.2, 0.25) is 0 Å². The Hall–Kier alpha value is -1.61. The van der Waals surface area contributed by atoms with Crippen LogP contribution in [0.15, 0.2) is 36.8 Å². The van der Waals surface area contributed by atoms with Crippen LogP contribution in [0.25, 0.3) is 5.69 Å². The van der Waals surface area contributed by atoms with Crippen molar-refractivity contribution in [1.29, 1.82) is 0 Å². The molecule has 1 aromatic carbocycles. The Balaban J connectivity index is 2.00. The van der Waals surface area contributed by atoms with E-state index in [0.29, 0.717) is 6.04 Å². The normalized spacial score (nSPS) is 18.9. The van der Waals surface area contributed by atoms with Crippen molar-refractivity contribution in [3.8, 4) is 5.69 Å². The molecule has 0 bridgehead atoms. The van der Waals surface area contributed by atoms with Gasteiger partial charge in [-0.25, -0.2) is 4.98 Å². The molecule has 0 saturated carbocycles. The second kappa shape index (κ2) is 5.57. The minimum Gasteiger partial charge on any atom is -0.309 e. The summed E-state index contributed by atoms with van der Waals surface area (Å²) in [6.07, 6.45) is 8.71. The second-order valence-corrected chi connectivity index (χ2v) is 5.22. The van der Waals surface area contributed by atoms with Gasteiger partial charge in [-0.2, -0.15) is 0 Å². The summed E-state index contributed by atoms with van der Waals surface area (Å²) in [7, 11) is 0. The van der Waals surface area contributed by atoms with Gasteiger partial charge in [0.1, 0.15) is 0 Å². The predicted octanol–water partition coefficient (Wildman–Crippen LogP) is 3.25. The first kappa shape index (κ1) is 12.4. The summed E-state index contributed by atoms with van der Waals surface area (Å²) in [5, 5.41) is 3.56. The number of hydrogen-bond acceptors (Lipinski definition) is 2. The van der Waals surface area contributed by atoms with Crippen molar-refractivity contribution in [3.05, 3.63) is 48.0 Å². The van der Waals surface area contributed by atoms with Crippen LogP contribution in [-0.2, 0) is 6.42 Å². The van der Waals surface area contributed by atoms with E-state index in [4.69, 9.17) is 0 Å². The third-order valence-electron chi connectivity index (χ3n) is 3.85. The number of aromatic nitrogens is 2. The van der Waals surface area contributed by atoms with Gasteiger partial charge >= 0.3 is 0 Å². The molecule has 0 amide bonds. The molecule has 3 rings (SSSR count). The Morgan fingerprint density at radius 1 is 1.37 bits per heavy atom. The van der Waals surface area contributed by atoms with Crippen molar-refractivity contribution < 1.29 is 0 Å². The molecule has 3 heteroatoms. The molecule has 0 spiro atoms. The number of aryl methyl sites for hydroxylation is 1. The van der Waals surface area contributed by atoms with Gasteiger partial charge in [0, 0.05) is 6.04 Å². The van der Waals surface area contributed by atoms with Gasteiger partial charge in [0.25, 0.3) is 0 Å². The smallest absolute Gasteiger partial charge is 0.0994 e. The van der Waals surface area contributed by atoms with E-state index >= 15 is 0 Å². The van der Waals surface area contributed by atoms with E-state index in [9.17, 15) is 0 Å². The van der Waals surface area contributed by atoms with Gasteiger partial charge in [0.05, 0.1) is 23.9 Å². The van der Waals surface area contributed by atoms with E-state index in [1.165, 1.54) is 36.2 Å². The number of nitrogens with one attached hydrogen (secondary N) is 1. The third-order valence-corrected chi connectivity index (χ3v) is 3.85. The van der Waals surface area contributed by atoms with Crippen LogP contribution in [0.5, 0.6) is 0 Å². The van der Waals surface area contributed by atoms with Crippen molar-refractivity contribution in [2.24, 2.45) is 0 Å². The van der Waals surface area contributed by atoms with Crippen molar-refractivity contribution in [2.45, 2.75) is 38.6 Å². The van der Waals surface area contributed by atoms with Crippen LogP contribution in [0.4, 0.5) is 0 Å². The maximum Gasteiger partial charge on any atom is 0.0994 e. The average Bonchev–Trinajstić information content (AvgIpc) is 3.10. The molecular weight excluding hydrogens is 234 g/mol. The lowest BCUT2D eigenvalue weighted by Gasteiger charge is -2.16. The maximum absolute atomic E-state index is 4.37. The summed E-state index contributed by atoms with van der Waals surface area (Å²) in [5.41, 5.74) is 3.98. The predicted molar refractivity (Wildman–Crippen MR) is 77.5 cm³/mol. The summed E-state index contributed by atoms with van der Waals surface area (Å²) in [6, 6.07) is 9.12. The number of imidazole rings is 1. The number of rotatable bonds is 4. The molecule has 100 valence electrons. The molecule has 2 heterocycles. The van der Waals surface area contributed by atoms with Gasteiger partial charge < -0.3 is 9.88 Å². The van der Waals surface area contributed by atoms with Crippen LogP contribution in [0.3, 0.4) is 0 Å². The monoisotopic (exact) mass is 255 g/mol. The lowest BCUT2D eigenvalue weighted by molar-refractivity contribution is 0.614. The summed E-state index contributed by atoms with van der Waals surface area (Å²) in [5.74, 6) is 0. The van der Waals surface area contributed by atoms with Crippen LogP contribution in [0, 0.1) is 0 Å². The molecule has 1 aliphatic heterocycles. The Morgan fingerprint density at radius 3 is 3.05 bits per heavy atom. The molecular formula is C16H21N3. The van der Waals surface area contributed by atoms with E-state index < -0.39 is 0 Å². The molecule has 1 N–H and O–H groups in total. The summed E-state index contributed by atoms with van der Waals surface area (Å²) in [6.45, 7) is 3.34. The molecule has 1 unspecified atom stereocenters. The molecule has 1 atom stereocenters. The molecule has 19 heavy (non-hydrogen) atoms. The first-order chi connectivity index (χ1) is 9.40. The van der Waals surface area contributed by atoms with Crippen molar-refractivity contribution >= 4 is 0 Å². The number of hydrogen-bond donors (Lipinski definition) is 1. The third kappa shape index (κ3) is 2.43. The van der Waals surface area contributed by atoms with Crippen LogP contribution in [-0.4, -0.2) is 16.1 Å². The fourth-order valence-corrected chi connectivity index (χ4v) is 2.93. The molecule has 1 aromatic heterocycles. The van der Waals surface area contributed by atoms with Gasteiger partial charge in [-0.1, -0.05) is 31.5 Å². The van der Waals surface area contributed by atoms with Gasteiger partial charge in [-0.15, -0.1) is 0 Å². The first-order valence-electron chi connectivity index (χ1n) is 7.24. The topological polar surface area (TPSA) is 29.9 Å². The zero-order valence-electron chi connectivity index (χ0n) is 11.5. The first-order valence-corrected chi connectivity index (χ1v) is 7.24. The maximum atomic E-state index is 4.37. The Morgan fingerprint density at radius 2 is 2.26 bits per heavy atom. The highest BCUT2D eigenvalue weighted by atomic mass is 15.1. The molecule has 2 aromatic rings. The fourth-order valence-electron chi connectivity index (χ4n) is 2.93. The zero-order chi connectivity index (χ0) is 13.1. The van der Waals surface area contributed by atoms with Crippen LogP contribution in [0.1, 0.15) is 43.5 Å². The van der Waals surface area contributed by atoms with Crippen LogP contribution >= 0.6 is 0 Å². The largest absolute Gasteiger partial charge is 0.309 e. The number of para-hydroxylation sites is 1. The molecule has 0 aliphatic carbocycles. The lowest BCUT2D eigenvalue weighted by atomic mass is 10.1. The number of benzene rings is 1. The molecule has 1 fully saturated rings. The van der Waals surface area contributed by atoms with E-state index in [0.717, 1.165) is 13.0 Å². The highest BCUT2D eigenvalue weighted by Gasteiger charge is 2.20. The lowest BCUT2D eigenvalue weighted by Crippen LogP contribution is -2.16. The molecule has 1 saturated heterocycles. The zero-order valence-corrected chi connectivity index (χ0v) is 11.5. The minimum absolute atomic E-state index is 0.456. The molecule has 3 nitrogen and oxygen atoms in total. The highest BCUT2D eigenvalue weighted by Crippen LogP contribution is 2.26. The van der Waals surface area contributed by atoms with Crippen LogP contribution < -0.4 is 5.32 Å². The van der Waals surface area contributed by atoms with Gasteiger partial charge in [-0.05, 0) is 37.4 Å². The van der Waals surface area contributed by atoms with Gasteiger partial charge in [0.15, 0.2) is 0 Å². The minimum atomic E-state index is 0.456. The second-order valence-electron chi connectivity index (χ2n) is 5.22. The summed E-state index contributed by atoms with van der Waals surface area (Å²) >= 11 is 0. The molecule has 1 aliphatic rings. The van der Waals surface area contributed by atoms with Crippen molar-refractivity contribution in [3.63, 3.8) is 0 Å². The standard InChI is InChI=1S/C16H21N3/c1-2-6-13-7-3-4-9-15(13)19-12-17-11-16(19)14-8-5-10-18-14/h3-4,7,9,11-12,14,18H,2,5-6,8,10H2,1H3. The van der Waals surface area contributed by atoms with E-state index in [1.807, 2.05) is 12.5 Å². The van der Waals surface area contributed by atoms with Crippen LogP contribution in [0.2, 0.25) is 0 Å². The molecule has 0 radical (unpaired) electrons. The van der Waals surface area contributed by atoms with Gasteiger partial charge in [-0.3, -0.25) is 0 Å². The van der Waals surface area contributed by atoms with Crippen molar-refractivity contribution in [2.75, 3.05) is 6.54 Å². The Bertz CT molecular complexity index is 538. The average molecular weight is 255 g/mol.